The molecule has 0 bridgehead atoms. The van der Waals surface area contributed by atoms with Crippen LogP contribution in [0.4, 0.5) is 0 Å². The molecule has 1 aromatic rings. The van der Waals surface area contributed by atoms with Crippen molar-refractivity contribution >= 4 is 18.4 Å². The molecule has 0 aliphatic rings. The second-order valence-corrected chi connectivity index (χ2v) is 2.56. The van der Waals surface area contributed by atoms with E-state index in [1.165, 1.54) is 7.11 Å². The zero-order chi connectivity index (χ0) is 9.84. The fourth-order valence-corrected chi connectivity index (χ4v) is 1.06. The van der Waals surface area contributed by atoms with E-state index in [-0.39, 0.29) is 12.4 Å². The van der Waals surface area contributed by atoms with Gasteiger partial charge in [0.25, 0.3) is 0 Å². The number of hydrogen-bond donors (Lipinski definition) is 2. The molecule has 0 saturated carbocycles. The van der Waals surface area contributed by atoms with Crippen LogP contribution >= 0.6 is 12.4 Å². The molecule has 78 valence electrons. The van der Waals surface area contributed by atoms with Crippen molar-refractivity contribution in [3.8, 4) is 5.75 Å². The number of aliphatic carboxylic acids is 1. The largest absolute Gasteiger partial charge is 0.496 e. The molecule has 0 aliphatic carbocycles. The lowest BCUT2D eigenvalue weighted by molar-refractivity contribution is -0.138. The molecule has 1 rings (SSSR count). The van der Waals surface area contributed by atoms with Crippen molar-refractivity contribution in [2.75, 3.05) is 7.11 Å². The summed E-state index contributed by atoms with van der Waals surface area (Å²) >= 11 is 0. The Bertz CT molecular complexity index is 317. The predicted octanol–water partition coefficient (Wildman–Crippen LogP) is 1.20. The van der Waals surface area contributed by atoms with Crippen LogP contribution in [0.5, 0.6) is 5.75 Å². The first-order valence-electron chi connectivity index (χ1n) is 3.78. The molecule has 3 N–H and O–H groups in total. The molecule has 14 heavy (non-hydrogen) atoms. The maximum absolute atomic E-state index is 10.6. The molecule has 1 atom stereocenters. The van der Waals surface area contributed by atoms with Crippen molar-refractivity contribution in [1.82, 2.24) is 0 Å². The summed E-state index contributed by atoms with van der Waals surface area (Å²) in [5.41, 5.74) is 5.92. The Kier molecular flexibility index (Phi) is 4.97. The Morgan fingerprint density at radius 2 is 2.07 bits per heavy atom. The highest BCUT2D eigenvalue weighted by Gasteiger charge is 2.17. The number of benzene rings is 1. The van der Waals surface area contributed by atoms with E-state index in [1.807, 2.05) is 0 Å². The molecule has 4 nitrogen and oxygen atoms in total. The average molecular weight is 218 g/mol. The van der Waals surface area contributed by atoms with Crippen LogP contribution in [0.3, 0.4) is 0 Å². The lowest BCUT2D eigenvalue weighted by Crippen LogP contribution is -2.21. The summed E-state index contributed by atoms with van der Waals surface area (Å²) in [6.07, 6.45) is 0. The van der Waals surface area contributed by atoms with Gasteiger partial charge in [0.15, 0.2) is 0 Å². The number of halogens is 1. The second-order valence-electron chi connectivity index (χ2n) is 2.56. The smallest absolute Gasteiger partial charge is 0.325 e. The van der Waals surface area contributed by atoms with E-state index in [9.17, 15) is 4.79 Å². The van der Waals surface area contributed by atoms with Crippen LogP contribution in [0.1, 0.15) is 11.6 Å². The Morgan fingerprint density at radius 1 is 1.50 bits per heavy atom. The highest BCUT2D eigenvalue weighted by atomic mass is 35.5. The van der Waals surface area contributed by atoms with E-state index in [2.05, 4.69) is 0 Å². The van der Waals surface area contributed by atoms with Gasteiger partial charge in [0.1, 0.15) is 11.8 Å². The van der Waals surface area contributed by atoms with E-state index in [4.69, 9.17) is 15.6 Å². The number of ether oxygens (including phenoxy) is 1. The van der Waals surface area contributed by atoms with Crippen molar-refractivity contribution in [2.24, 2.45) is 5.73 Å². The van der Waals surface area contributed by atoms with E-state index >= 15 is 0 Å². The summed E-state index contributed by atoms with van der Waals surface area (Å²) in [6.45, 7) is 0. The summed E-state index contributed by atoms with van der Waals surface area (Å²) in [5, 5.41) is 8.67. The van der Waals surface area contributed by atoms with Gasteiger partial charge < -0.3 is 15.6 Å². The van der Waals surface area contributed by atoms with Gasteiger partial charge in [-0.15, -0.1) is 12.4 Å². The standard InChI is InChI=1S/C9H11NO3.ClH/c1-13-7-5-3-2-4-6(7)8(10)9(11)12;/h2-5,8H,10H2,1H3,(H,11,12);1H. The molecular formula is C9H12ClNO3. The summed E-state index contributed by atoms with van der Waals surface area (Å²) in [4.78, 5) is 10.6. The molecular weight excluding hydrogens is 206 g/mol. The number of hydrogen-bond acceptors (Lipinski definition) is 3. The maximum atomic E-state index is 10.6. The molecule has 0 radical (unpaired) electrons. The lowest BCUT2D eigenvalue weighted by Gasteiger charge is -2.10. The lowest BCUT2D eigenvalue weighted by atomic mass is 10.1. The number of carboxylic acid groups (broad SMARTS) is 1. The van der Waals surface area contributed by atoms with Crippen molar-refractivity contribution in [2.45, 2.75) is 6.04 Å². The van der Waals surface area contributed by atoms with Gasteiger partial charge in [-0.1, -0.05) is 18.2 Å². The Labute approximate surface area is 88.1 Å². The van der Waals surface area contributed by atoms with Crippen LogP contribution in [-0.2, 0) is 4.79 Å². The summed E-state index contributed by atoms with van der Waals surface area (Å²) in [7, 11) is 1.48. The maximum Gasteiger partial charge on any atom is 0.325 e. The molecule has 1 unspecified atom stereocenters. The predicted molar refractivity (Wildman–Crippen MR) is 54.8 cm³/mol. The minimum atomic E-state index is -1.07. The van der Waals surface area contributed by atoms with Crippen LogP contribution in [-0.4, -0.2) is 18.2 Å². The quantitative estimate of drug-likeness (QED) is 0.798. The third-order valence-corrected chi connectivity index (χ3v) is 1.74. The highest BCUT2D eigenvalue weighted by molar-refractivity contribution is 5.85. The first kappa shape index (κ1) is 12.7. The molecule has 0 spiro atoms. The number of carboxylic acids is 1. The van der Waals surface area contributed by atoms with Crippen LogP contribution in [0.15, 0.2) is 24.3 Å². The van der Waals surface area contributed by atoms with Gasteiger partial charge in [-0.05, 0) is 6.07 Å². The van der Waals surface area contributed by atoms with Crippen LogP contribution in [0.2, 0.25) is 0 Å². The van der Waals surface area contributed by atoms with Gasteiger partial charge in [0, 0.05) is 5.56 Å². The first-order chi connectivity index (χ1) is 6.16. The van der Waals surface area contributed by atoms with Crippen LogP contribution in [0, 0.1) is 0 Å². The second kappa shape index (κ2) is 5.47. The number of nitrogens with two attached hydrogens (primary N) is 1. The molecule has 0 saturated heterocycles. The number of carbonyl (C=O) groups is 1. The molecule has 1 aromatic carbocycles. The number of para-hydroxylation sites is 1. The third kappa shape index (κ3) is 2.61. The van der Waals surface area contributed by atoms with Gasteiger partial charge in [-0.2, -0.15) is 0 Å². The Morgan fingerprint density at radius 3 is 2.57 bits per heavy atom. The third-order valence-electron chi connectivity index (χ3n) is 1.74. The van der Waals surface area contributed by atoms with Crippen LogP contribution < -0.4 is 10.5 Å². The van der Waals surface area contributed by atoms with Crippen molar-refractivity contribution < 1.29 is 14.6 Å². The summed E-state index contributed by atoms with van der Waals surface area (Å²) in [6, 6.07) is 5.77. The Balaban J connectivity index is 0.00000169. The van der Waals surface area contributed by atoms with E-state index < -0.39 is 12.0 Å². The zero-order valence-corrected chi connectivity index (χ0v) is 8.45. The minimum absolute atomic E-state index is 0. The molecule has 0 fully saturated rings. The Hall–Kier alpha value is -1.26. The van der Waals surface area contributed by atoms with E-state index in [0.29, 0.717) is 11.3 Å². The topological polar surface area (TPSA) is 72.5 Å². The average Bonchev–Trinajstić information content (AvgIpc) is 2.16. The van der Waals surface area contributed by atoms with Gasteiger partial charge in [-0.3, -0.25) is 4.79 Å². The van der Waals surface area contributed by atoms with Crippen molar-refractivity contribution in [3.63, 3.8) is 0 Å². The normalized spacial score (nSPS) is 11.3. The summed E-state index contributed by atoms with van der Waals surface area (Å²) < 4.78 is 4.97. The molecule has 0 amide bonds. The first-order valence-corrected chi connectivity index (χ1v) is 3.78. The van der Waals surface area contributed by atoms with Crippen molar-refractivity contribution in [3.05, 3.63) is 29.8 Å². The van der Waals surface area contributed by atoms with Gasteiger partial charge in [-0.25, -0.2) is 0 Å². The van der Waals surface area contributed by atoms with Crippen LogP contribution in [0.25, 0.3) is 0 Å². The van der Waals surface area contributed by atoms with E-state index in [0.717, 1.165) is 0 Å². The molecule has 0 aliphatic heterocycles. The fourth-order valence-electron chi connectivity index (χ4n) is 1.06. The van der Waals surface area contributed by atoms with Gasteiger partial charge in [0.05, 0.1) is 7.11 Å². The summed E-state index contributed by atoms with van der Waals surface area (Å²) in [5.74, 6) is -0.568. The highest BCUT2D eigenvalue weighted by Crippen LogP contribution is 2.22. The molecule has 0 aromatic heterocycles. The molecule has 0 heterocycles. The number of rotatable bonds is 3. The zero-order valence-electron chi connectivity index (χ0n) is 7.64. The van der Waals surface area contributed by atoms with E-state index in [1.54, 1.807) is 24.3 Å². The molecule has 5 heteroatoms. The van der Waals surface area contributed by atoms with Gasteiger partial charge in [0.2, 0.25) is 0 Å². The monoisotopic (exact) mass is 217 g/mol. The van der Waals surface area contributed by atoms with Gasteiger partial charge >= 0.3 is 5.97 Å². The number of methoxy groups -OCH3 is 1. The minimum Gasteiger partial charge on any atom is -0.496 e. The SMILES string of the molecule is COc1ccccc1C(N)C(=O)O.Cl. The van der Waals surface area contributed by atoms with Crippen molar-refractivity contribution in [1.29, 1.82) is 0 Å². The fraction of sp³-hybridized carbons (Fsp3) is 0.222.